The first-order valence-corrected chi connectivity index (χ1v) is 8.02. The molecule has 1 amide bonds. The molecule has 1 atom stereocenters. The molecule has 0 spiro atoms. The normalized spacial score (nSPS) is 16.9. The zero-order valence-electron chi connectivity index (χ0n) is 14.0. The van der Waals surface area contributed by atoms with Crippen LogP contribution in [0.15, 0.2) is 53.9 Å². The third-order valence-electron chi connectivity index (χ3n) is 4.31. The number of carbonyl (C=O) groups is 1. The van der Waals surface area contributed by atoms with E-state index in [2.05, 4.69) is 28.4 Å². The predicted octanol–water partition coefficient (Wildman–Crippen LogP) is 2.05. The van der Waals surface area contributed by atoms with Crippen LogP contribution in [-0.4, -0.2) is 39.6 Å². The van der Waals surface area contributed by atoms with E-state index in [0.717, 1.165) is 12.0 Å². The molecule has 0 unspecified atom stereocenters. The molecule has 0 saturated heterocycles. The molecular formula is C18H20N6O. The summed E-state index contributed by atoms with van der Waals surface area (Å²) in [5, 5.41) is 15.9. The van der Waals surface area contributed by atoms with Gasteiger partial charge in [-0.25, -0.2) is 4.68 Å². The number of hydrogen-bond donors (Lipinski definition) is 2. The Morgan fingerprint density at radius 2 is 2.24 bits per heavy atom. The van der Waals surface area contributed by atoms with Crippen molar-refractivity contribution in [2.24, 2.45) is 5.10 Å². The summed E-state index contributed by atoms with van der Waals surface area (Å²) in [6.07, 6.45) is 5.51. The summed E-state index contributed by atoms with van der Waals surface area (Å²) >= 11 is 0. The van der Waals surface area contributed by atoms with Gasteiger partial charge in [0.25, 0.3) is 5.91 Å². The number of nitrogens with one attached hydrogen (secondary N) is 2. The lowest BCUT2D eigenvalue weighted by atomic mass is 9.93. The van der Waals surface area contributed by atoms with Gasteiger partial charge in [0.05, 0.1) is 6.04 Å². The zero-order valence-corrected chi connectivity index (χ0v) is 14.0. The van der Waals surface area contributed by atoms with Crippen molar-refractivity contribution in [2.45, 2.75) is 19.4 Å². The lowest BCUT2D eigenvalue weighted by molar-refractivity contribution is -0.126. The van der Waals surface area contributed by atoms with Gasteiger partial charge < -0.3 is 4.90 Å². The molecule has 1 aliphatic heterocycles. The summed E-state index contributed by atoms with van der Waals surface area (Å²) in [5.41, 5.74) is 4.93. The van der Waals surface area contributed by atoms with Gasteiger partial charge in [-0.3, -0.25) is 15.6 Å². The number of amides is 1. The minimum atomic E-state index is -0.322. The first-order chi connectivity index (χ1) is 12.1. The van der Waals surface area contributed by atoms with Crippen LogP contribution < -0.4 is 5.43 Å². The average molecular weight is 336 g/mol. The van der Waals surface area contributed by atoms with Crippen molar-refractivity contribution in [3.63, 3.8) is 0 Å². The van der Waals surface area contributed by atoms with E-state index >= 15 is 0 Å². The standard InChI is InChI=1S/C18H20N6O/c1-13-15-7-4-3-6-14(15)8-11-23(13)18(25)16(19)12-17(22-20-2)24-10-5-9-21-24/h3-7,9-10,12-13,19,22H,2,8,11H2,1H3/b17-12+,19-16?/t13-/m1/s1. The van der Waals surface area contributed by atoms with Gasteiger partial charge in [-0.1, -0.05) is 24.3 Å². The van der Waals surface area contributed by atoms with Crippen LogP contribution in [0, 0.1) is 5.41 Å². The molecule has 25 heavy (non-hydrogen) atoms. The summed E-state index contributed by atoms with van der Waals surface area (Å²) in [4.78, 5) is 14.5. The lowest BCUT2D eigenvalue weighted by Gasteiger charge is -2.35. The Labute approximate surface area is 146 Å². The van der Waals surface area contributed by atoms with E-state index in [1.54, 1.807) is 23.4 Å². The highest BCUT2D eigenvalue weighted by Crippen LogP contribution is 2.29. The largest absolute Gasteiger partial charge is 0.330 e. The quantitative estimate of drug-likeness (QED) is 0.647. The molecule has 0 fully saturated rings. The molecule has 1 aromatic heterocycles. The SMILES string of the molecule is C=NN/C(=C\C(=N)C(=O)N1CCc2ccccc2[C@H]1C)n1cccn1. The maximum atomic E-state index is 12.8. The minimum absolute atomic E-state index is 0.0650. The molecule has 0 radical (unpaired) electrons. The molecule has 3 rings (SSSR count). The van der Waals surface area contributed by atoms with E-state index in [-0.39, 0.29) is 17.7 Å². The topological polar surface area (TPSA) is 86.4 Å². The molecule has 0 saturated carbocycles. The molecule has 2 N–H and O–H groups in total. The number of hydrazone groups is 1. The van der Waals surface area contributed by atoms with Crippen LogP contribution in [0.25, 0.3) is 5.82 Å². The van der Waals surface area contributed by atoms with Crippen LogP contribution in [0.5, 0.6) is 0 Å². The summed E-state index contributed by atoms with van der Waals surface area (Å²) in [7, 11) is 0. The van der Waals surface area contributed by atoms with Gasteiger partial charge in [-0.15, -0.1) is 0 Å². The zero-order chi connectivity index (χ0) is 17.8. The van der Waals surface area contributed by atoms with Crippen molar-refractivity contribution >= 4 is 24.2 Å². The number of nitrogens with zero attached hydrogens (tertiary/aromatic N) is 4. The van der Waals surface area contributed by atoms with E-state index in [4.69, 9.17) is 5.41 Å². The molecule has 7 heteroatoms. The van der Waals surface area contributed by atoms with Crippen molar-refractivity contribution in [3.05, 3.63) is 59.9 Å². The molecule has 2 heterocycles. The average Bonchev–Trinajstić information content (AvgIpc) is 3.16. The van der Waals surface area contributed by atoms with Gasteiger partial charge in [-0.05, 0) is 30.5 Å². The maximum absolute atomic E-state index is 12.8. The number of benzene rings is 1. The van der Waals surface area contributed by atoms with Gasteiger partial charge in [0.1, 0.15) is 11.5 Å². The fourth-order valence-corrected chi connectivity index (χ4v) is 3.04. The summed E-state index contributed by atoms with van der Waals surface area (Å²) < 4.78 is 1.49. The Morgan fingerprint density at radius 1 is 1.44 bits per heavy atom. The number of fused-ring (bicyclic) bond motifs is 1. The number of hydrogen-bond acceptors (Lipinski definition) is 5. The molecule has 7 nitrogen and oxygen atoms in total. The van der Waals surface area contributed by atoms with Crippen molar-refractivity contribution in [2.75, 3.05) is 6.54 Å². The third kappa shape index (κ3) is 3.35. The number of rotatable bonds is 5. The Balaban J connectivity index is 1.82. The Kier molecular flexibility index (Phi) is 4.74. The van der Waals surface area contributed by atoms with Crippen molar-refractivity contribution < 1.29 is 4.79 Å². The first kappa shape index (κ1) is 16.6. The summed E-state index contributed by atoms with van der Waals surface area (Å²) in [5.74, 6) is 0.0703. The predicted molar refractivity (Wildman–Crippen MR) is 97.2 cm³/mol. The van der Waals surface area contributed by atoms with E-state index in [1.807, 2.05) is 25.1 Å². The van der Waals surface area contributed by atoms with Crippen LogP contribution in [0.3, 0.4) is 0 Å². The summed E-state index contributed by atoms with van der Waals surface area (Å²) in [6, 6.07) is 9.80. The van der Waals surface area contributed by atoms with Crippen molar-refractivity contribution in [1.29, 1.82) is 5.41 Å². The Bertz CT molecular complexity index is 824. The number of aromatic nitrogens is 2. The van der Waals surface area contributed by atoms with Crippen LogP contribution in [0.4, 0.5) is 0 Å². The molecule has 1 aromatic carbocycles. The van der Waals surface area contributed by atoms with Gasteiger partial charge >= 0.3 is 0 Å². The van der Waals surface area contributed by atoms with Crippen molar-refractivity contribution in [1.82, 2.24) is 20.1 Å². The fraction of sp³-hybridized carbons (Fsp3) is 0.222. The van der Waals surface area contributed by atoms with E-state index < -0.39 is 0 Å². The monoisotopic (exact) mass is 336 g/mol. The van der Waals surface area contributed by atoms with E-state index in [1.165, 1.54) is 16.3 Å². The van der Waals surface area contributed by atoms with Gasteiger partial charge in [0, 0.05) is 31.7 Å². The highest BCUT2D eigenvalue weighted by Gasteiger charge is 2.28. The smallest absolute Gasteiger partial charge is 0.272 e. The molecule has 0 bridgehead atoms. The second-order valence-corrected chi connectivity index (χ2v) is 5.79. The summed E-state index contributed by atoms with van der Waals surface area (Å²) in [6.45, 7) is 5.97. The minimum Gasteiger partial charge on any atom is -0.330 e. The second-order valence-electron chi connectivity index (χ2n) is 5.79. The Hall–Kier alpha value is -3.22. The van der Waals surface area contributed by atoms with Crippen molar-refractivity contribution in [3.8, 4) is 0 Å². The first-order valence-electron chi connectivity index (χ1n) is 8.02. The molecule has 128 valence electrons. The van der Waals surface area contributed by atoms with Gasteiger partial charge in [0.15, 0.2) is 0 Å². The van der Waals surface area contributed by atoms with Crippen LogP contribution in [-0.2, 0) is 11.2 Å². The third-order valence-corrected chi connectivity index (χ3v) is 4.31. The highest BCUT2D eigenvalue weighted by atomic mass is 16.2. The maximum Gasteiger partial charge on any atom is 0.272 e. The lowest BCUT2D eigenvalue weighted by Crippen LogP contribution is -2.42. The fourth-order valence-electron chi connectivity index (χ4n) is 3.04. The Morgan fingerprint density at radius 3 is 2.96 bits per heavy atom. The van der Waals surface area contributed by atoms with Crippen LogP contribution >= 0.6 is 0 Å². The highest BCUT2D eigenvalue weighted by molar-refractivity contribution is 6.42. The molecule has 0 aliphatic carbocycles. The second kappa shape index (κ2) is 7.12. The van der Waals surface area contributed by atoms with E-state index in [0.29, 0.717) is 12.4 Å². The molecule has 2 aromatic rings. The number of carbonyl (C=O) groups excluding carboxylic acids is 1. The van der Waals surface area contributed by atoms with Crippen LogP contribution in [0.2, 0.25) is 0 Å². The van der Waals surface area contributed by atoms with Gasteiger partial charge in [0.2, 0.25) is 0 Å². The van der Waals surface area contributed by atoms with Crippen LogP contribution in [0.1, 0.15) is 24.1 Å². The van der Waals surface area contributed by atoms with E-state index in [9.17, 15) is 4.79 Å². The van der Waals surface area contributed by atoms with Gasteiger partial charge in [-0.2, -0.15) is 10.2 Å². The molecule has 1 aliphatic rings. The molecular weight excluding hydrogens is 316 g/mol.